The van der Waals surface area contributed by atoms with E-state index < -0.39 is 78.0 Å². The molecule has 4 unspecified atom stereocenters. The summed E-state index contributed by atoms with van der Waals surface area (Å²) in [5.41, 5.74) is -1.66. The summed E-state index contributed by atoms with van der Waals surface area (Å²) in [7, 11) is -17.4. The Kier molecular flexibility index (Phi) is 10.1. The fourth-order valence-electron chi connectivity index (χ4n) is 5.43. The van der Waals surface area contributed by atoms with Crippen LogP contribution in [0, 0.1) is 0 Å². The van der Waals surface area contributed by atoms with E-state index in [-0.39, 0.29) is 22.5 Å². The smallest absolute Gasteiger partial charge is 0.416 e. The highest BCUT2D eigenvalue weighted by atomic mass is 31.3. The van der Waals surface area contributed by atoms with Crippen molar-refractivity contribution in [2.45, 2.75) is 36.9 Å². The molecule has 1 aliphatic heterocycles. The summed E-state index contributed by atoms with van der Waals surface area (Å²) < 4.78 is 96.5. The first-order valence-corrected chi connectivity index (χ1v) is 19.2. The summed E-state index contributed by atoms with van der Waals surface area (Å²) in [5, 5.41) is 22.2. The highest BCUT2D eigenvalue weighted by molar-refractivity contribution is 7.66. The van der Waals surface area contributed by atoms with E-state index in [1.165, 1.54) is 24.3 Å². The predicted octanol–water partition coefficient (Wildman–Crippen LogP) is 2.69. The molecule has 51 heavy (non-hydrogen) atoms. The van der Waals surface area contributed by atoms with Gasteiger partial charge in [0.2, 0.25) is 0 Å². The van der Waals surface area contributed by atoms with Crippen molar-refractivity contribution >= 4 is 39.7 Å². The second-order valence-corrected chi connectivity index (χ2v) is 16.1. The quantitative estimate of drug-likeness (QED) is 0.184. The maximum atomic E-state index is 13.3. The second kappa shape index (κ2) is 13.8. The van der Waals surface area contributed by atoms with Crippen molar-refractivity contribution in [3.05, 3.63) is 107 Å². The van der Waals surface area contributed by atoms with Crippen molar-refractivity contribution in [3.63, 3.8) is 0 Å². The Balaban J connectivity index is 1.11. The van der Waals surface area contributed by atoms with E-state index in [1.807, 2.05) is 0 Å². The molecule has 0 bridgehead atoms. The Morgan fingerprint density at radius 1 is 0.902 bits per heavy atom. The molecular formula is C29H24F3N3O13P3-3. The minimum atomic E-state index is -6.13. The zero-order valence-electron chi connectivity index (χ0n) is 25.5. The first kappa shape index (κ1) is 37.2. The lowest BCUT2D eigenvalue weighted by Crippen LogP contribution is -2.37. The molecule has 272 valence electrons. The number of alkyl halides is 3. The van der Waals surface area contributed by atoms with Crippen molar-refractivity contribution in [2.75, 3.05) is 6.61 Å². The van der Waals surface area contributed by atoms with Gasteiger partial charge in [-0.2, -0.15) is 13.2 Å². The van der Waals surface area contributed by atoms with Crippen molar-refractivity contribution in [3.8, 4) is 11.3 Å². The number of phosphoric acid groups is 2. The van der Waals surface area contributed by atoms with Crippen LogP contribution in [-0.4, -0.2) is 49.1 Å². The molecule has 2 aromatic heterocycles. The van der Waals surface area contributed by atoms with Crippen LogP contribution in [-0.2, 0) is 43.9 Å². The van der Waals surface area contributed by atoms with E-state index in [9.17, 15) is 56.6 Å². The second-order valence-electron chi connectivity index (χ2n) is 11.2. The SMILES string of the molecule is O=c1n([C@@H]2O[C@H](COP(=O)([O-])OP(=O)([O-])OP(=O)([O-])Cc3cccc4ccccc34)C(O)[C@@H]2O)ccc2nc(-c3cccc(C(F)(F)F)c3)cn12. The molecule has 1 aliphatic rings. The van der Waals surface area contributed by atoms with Crippen LogP contribution in [0.1, 0.15) is 17.4 Å². The molecule has 6 rings (SSSR count). The Morgan fingerprint density at radius 2 is 1.61 bits per heavy atom. The number of benzene rings is 3. The number of phosphoric ester groups is 1. The average molecular weight is 772 g/mol. The van der Waals surface area contributed by atoms with Crippen LogP contribution in [0.2, 0.25) is 0 Å². The molecule has 3 aromatic carbocycles. The van der Waals surface area contributed by atoms with Gasteiger partial charge in [0.25, 0.3) is 15.6 Å². The third kappa shape index (κ3) is 8.26. The monoisotopic (exact) mass is 772 g/mol. The minimum Gasteiger partial charge on any atom is -0.778 e. The number of ether oxygens (including phenoxy) is 1. The van der Waals surface area contributed by atoms with E-state index in [0.717, 1.165) is 39.6 Å². The zero-order valence-corrected chi connectivity index (χ0v) is 28.2. The van der Waals surface area contributed by atoms with Crippen molar-refractivity contribution in [2.24, 2.45) is 0 Å². The molecule has 0 spiro atoms. The Morgan fingerprint density at radius 3 is 2.35 bits per heavy atom. The van der Waals surface area contributed by atoms with Gasteiger partial charge in [-0.15, -0.1) is 0 Å². The van der Waals surface area contributed by atoms with E-state index in [4.69, 9.17) is 4.74 Å². The number of imidazole rings is 1. The number of aliphatic hydroxyl groups excluding tert-OH is 2. The molecule has 5 aromatic rings. The summed E-state index contributed by atoms with van der Waals surface area (Å²) in [4.78, 5) is 54.7. The highest BCUT2D eigenvalue weighted by Crippen LogP contribution is 2.63. The first-order valence-electron chi connectivity index (χ1n) is 14.6. The number of nitrogens with zero attached hydrogens (tertiary/aromatic N) is 3. The molecule has 0 amide bonds. The van der Waals surface area contributed by atoms with E-state index in [1.54, 1.807) is 30.3 Å². The van der Waals surface area contributed by atoms with Gasteiger partial charge in [0.15, 0.2) is 6.23 Å². The van der Waals surface area contributed by atoms with Gasteiger partial charge in [-0.1, -0.05) is 54.6 Å². The fourth-order valence-corrected chi connectivity index (χ4v) is 9.46. The molecule has 1 saturated heterocycles. The third-order valence-corrected chi connectivity index (χ3v) is 12.3. The molecular weight excluding hydrogens is 748 g/mol. The summed E-state index contributed by atoms with van der Waals surface area (Å²) in [6.07, 6.45) is -10.5. The van der Waals surface area contributed by atoms with Crippen molar-refractivity contribution < 1.29 is 69.6 Å². The maximum absolute atomic E-state index is 13.3. The molecule has 3 heterocycles. The van der Waals surface area contributed by atoms with E-state index in [2.05, 4.69) is 18.1 Å². The number of halogens is 3. The lowest BCUT2D eigenvalue weighted by atomic mass is 10.1. The standard InChI is InChI=1S/C29H27F3N3O13P3/c30-29(31,32)20-9-4-7-18(13-20)22-14-35-24(33-22)11-12-34(28(35)38)27-26(37)25(36)23(46-27)15-45-50(41,42)48-51(43,44)47-49(39,40)16-19-8-3-6-17-5-1-2-10-21(17)19/h1-14,23,25-27,36-37H,15-16H2,(H,39,40)(H,41,42)(H,43,44)/p-3/t23-,25?,26+,27-/m1/s1. The predicted molar refractivity (Wildman–Crippen MR) is 164 cm³/mol. The van der Waals surface area contributed by atoms with Crippen LogP contribution in [0.3, 0.4) is 0 Å². The van der Waals surface area contributed by atoms with Crippen LogP contribution < -0.4 is 20.4 Å². The largest absolute Gasteiger partial charge is 0.778 e. The van der Waals surface area contributed by atoms with Gasteiger partial charge >= 0.3 is 11.9 Å². The molecule has 0 saturated carbocycles. The molecule has 0 aliphatic carbocycles. The number of aromatic nitrogens is 3. The third-order valence-electron chi connectivity index (χ3n) is 7.71. The normalized spacial score (nSPS) is 23.2. The summed E-state index contributed by atoms with van der Waals surface area (Å²) in [5.74, 6) is 0. The zero-order chi connectivity index (χ0) is 36.9. The van der Waals surface area contributed by atoms with Gasteiger partial charge in [0.05, 0.1) is 17.9 Å². The van der Waals surface area contributed by atoms with E-state index in [0.29, 0.717) is 10.8 Å². The molecule has 7 atom stereocenters. The molecule has 2 N–H and O–H groups in total. The van der Waals surface area contributed by atoms with Crippen LogP contribution in [0.5, 0.6) is 0 Å². The topological polar surface area (TPSA) is 237 Å². The Labute approximate surface area is 284 Å². The lowest BCUT2D eigenvalue weighted by Gasteiger charge is -2.35. The number of fused-ring (bicyclic) bond motifs is 2. The van der Waals surface area contributed by atoms with E-state index >= 15 is 0 Å². The number of hydrogen-bond acceptors (Lipinski definition) is 14. The van der Waals surface area contributed by atoms with Crippen molar-refractivity contribution in [1.29, 1.82) is 0 Å². The van der Waals surface area contributed by atoms with Crippen LogP contribution in [0.25, 0.3) is 27.7 Å². The molecule has 1 fully saturated rings. The molecule has 16 nitrogen and oxygen atoms in total. The Bertz CT molecular complexity index is 2310. The van der Waals surface area contributed by atoms with Gasteiger partial charge < -0.3 is 38.7 Å². The lowest BCUT2D eigenvalue weighted by molar-refractivity contribution is -0.246. The summed E-state index contributed by atoms with van der Waals surface area (Å²) >= 11 is 0. The molecule has 0 radical (unpaired) electrons. The number of rotatable bonds is 11. The van der Waals surface area contributed by atoms with Gasteiger partial charge in [-0.05, 0) is 34.5 Å². The minimum absolute atomic E-state index is 0.00267. The number of hydrogen-bond donors (Lipinski definition) is 2. The van der Waals surface area contributed by atoms with Gasteiger partial charge in [-0.25, -0.2) is 14.1 Å². The van der Waals surface area contributed by atoms with Gasteiger partial charge in [-0.3, -0.25) is 22.4 Å². The van der Waals surface area contributed by atoms with Gasteiger partial charge in [0, 0.05) is 24.1 Å². The summed E-state index contributed by atoms with van der Waals surface area (Å²) in [6, 6.07) is 16.7. The summed E-state index contributed by atoms with van der Waals surface area (Å²) in [6.45, 7) is -1.18. The van der Waals surface area contributed by atoms with Gasteiger partial charge in [0.1, 0.15) is 31.6 Å². The maximum Gasteiger partial charge on any atom is 0.416 e. The number of aliphatic hydroxyl groups is 2. The first-order chi connectivity index (χ1) is 23.8. The van der Waals surface area contributed by atoms with Crippen LogP contribution in [0.15, 0.2) is 90.0 Å². The van der Waals surface area contributed by atoms with Crippen LogP contribution in [0.4, 0.5) is 13.2 Å². The average Bonchev–Trinajstić information content (AvgIpc) is 3.60. The highest BCUT2D eigenvalue weighted by Gasteiger charge is 2.45. The van der Waals surface area contributed by atoms with Crippen molar-refractivity contribution in [1.82, 2.24) is 14.0 Å². The fraction of sp³-hybridized carbons (Fsp3) is 0.241. The molecule has 22 heteroatoms. The Hall–Kier alpha value is -3.54. The van der Waals surface area contributed by atoms with Crippen LogP contribution >= 0.6 is 23.2 Å².